The van der Waals surface area contributed by atoms with Crippen LogP contribution in [0.5, 0.6) is 5.75 Å². The lowest BCUT2D eigenvalue weighted by Gasteiger charge is -2.01. The Balaban J connectivity index is 2.84. The lowest BCUT2D eigenvalue weighted by Crippen LogP contribution is -2.00. The van der Waals surface area contributed by atoms with Crippen molar-refractivity contribution >= 4 is 12.0 Å². The fourth-order valence-electron chi connectivity index (χ4n) is 1.17. The van der Waals surface area contributed by atoms with Crippen LogP contribution in [0.4, 0.5) is 0 Å². The molecule has 0 aliphatic heterocycles. The maximum absolute atomic E-state index is 11.1. The van der Waals surface area contributed by atoms with Crippen molar-refractivity contribution < 1.29 is 14.3 Å². The number of rotatable bonds is 3. The second-order valence-electron chi connectivity index (χ2n) is 3.09. The van der Waals surface area contributed by atoms with E-state index in [4.69, 9.17) is 4.74 Å². The molecule has 80 valence electrons. The van der Waals surface area contributed by atoms with Gasteiger partial charge in [0.1, 0.15) is 5.75 Å². The quantitative estimate of drug-likeness (QED) is 0.562. The Morgan fingerprint density at radius 3 is 2.27 bits per heavy atom. The first-order chi connectivity index (χ1) is 7.17. The normalized spacial score (nSPS) is 11.0. The molecule has 3 heteroatoms. The lowest BCUT2D eigenvalue weighted by atomic mass is 10.1. The van der Waals surface area contributed by atoms with Crippen LogP contribution < -0.4 is 4.74 Å². The highest BCUT2D eigenvalue weighted by Gasteiger charge is 2.02. The molecule has 1 aromatic carbocycles. The number of hydrogen-bond acceptors (Lipinski definition) is 3. The van der Waals surface area contributed by atoms with E-state index in [1.54, 1.807) is 20.1 Å². The Labute approximate surface area is 89.3 Å². The predicted molar refractivity (Wildman–Crippen MR) is 58.7 cm³/mol. The molecule has 0 saturated heterocycles. The van der Waals surface area contributed by atoms with Gasteiger partial charge in [-0.1, -0.05) is 12.1 Å². The SMILES string of the molecule is COC(=O)C(C)=Cc1ccc(OC)cc1. The summed E-state index contributed by atoms with van der Waals surface area (Å²) in [5, 5.41) is 0. The van der Waals surface area contributed by atoms with E-state index in [2.05, 4.69) is 4.74 Å². The Hall–Kier alpha value is -1.77. The first-order valence-electron chi connectivity index (χ1n) is 4.58. The molecule has 0 heterocycles. The van der Waals surface area contributed by atoms with Crippen LogP contribution in [0, 0.1) is 0 Å². The third-order valence-electron chi connectivity index (χ3n) is 2.01. The van der Waals surface area contributed by atoms with Crippen molar-refractivity contribution in [2.75, 3.05) is 14.2 Å². The van der Waals surface area contributed by atoms with Gasteiger partial charge < -0.3 is 9.47 Å². The van der Waals surface area contributed by atoms with Crippen LogP contribution in [0.1, 0.15) is 12.5 Å². The number of methoxy groups -OCH3 is 2. The molecule has 0 aromatic heterocycles. The van der Waals surface area contributed by atoms with Crippen molar-refractivity contribution in [3.63, 3.8) is 0 Å². The number of ether oxygens (including phenoxy) is 2. The summed E-state index contributed by atoms with van der Waals surface area (Å²) >= 11 is 0. The highest BCUT2D eigenvalue weighted by Crippen LogP contribution is 2.14. The molecule has 0 spiro atoms. The second-order valence-corrected chi connectivity index (χ2v) is 3.09. The maximum Gasteiger partial charge on any atom is 0.333 e. The van der Waals surface area contributed by atoms with Crippen LogP contribution in [0.3, 0.4) is 0 Å². The Kier molecular flexibility index (Phi) is 3.92. The van der Waals surface area contributed by atoms with Crippen molar-refractivity contribution in [3.05, 3.63) is 35.4 Å². The van der Waals surface area contributed by atoms with Gasteiger partial charge in [0.15, 0.2) is 0 Å². The van der Waals surface area contributed by atoms with Gasteiger partial charge in [-0.2, -0.15) is 0 Å². The van der Waals surface area contributed by atoms with Gasteiger partial charge in [0, 0.05) is 5.57 Å². The zero-order chi connectivity index (χ0) is 11.3. The number of benzene rings is 1. The van der Waals surface area contributed by atoms with E-state index in [1.165, 1.54) is 7.11 Å². The van der Waals surface area contributed by atoms with Crippen molar-refractivity contribution in [1.29, 1.82) is 0 Å². The van der Waals surface area contributed by atoms with Gasteiger partial charge in [-0.3, -0.25) is 0 Å². The Morgan fingerprint density at radius 2 is 1.80 bits per heavy atom. The van der Waals surface area contributed by atoms with Crippen LogP contribution in [0.2, 0.25) is 0 Å². The maximum atomic E-state index is 11.1. The summed E-state index contributed by atoms with van der Waals surface area (Å²) in [6.07, 6.45) is 1.77. The summed E-state index contributed by atoms with van der Waals surface area (Å²) in [5.41, 5.74) is 1.52. The zero-order valence-corrected chi connectivity index (χ0v) is 9.11. The standard InChI is InChI=1S/C12H14O3/c1-9(12(13)15-3)8-10-4-6-11(14-2)7-5-10/h4-8H,1-3H3. The average molecular weight is 206 g/mol. The molecule has 1 rings (SSSR count). The van der Waals surface area contributed by atoms with Crippen LogP contribution in [-0.2, 0) is 9.53 Å². The summed E-state index contributed by atoms with van der Waals surface area (Å²) in [5.74, 6) is 0.480. The van der Waals surface area contributed by atoms with Gasteiger partial charge in [0.05, 0.1) is 14.2 Å². The smallest absolute Gasteiger partial charge is 0.333 e. The molecule has 0 radical (unpaired) electrons. The molecule has 0 fully saturated rings. The minimum atomic E-state index is -0.314. The molecule has 0 aliphatic carbocycles. The first-order valence-corrected chi connectivity index (χ1v) is 4.58. The second kappa shape index (κ2) is 5.20. The first kappa shape index (κ1) is 11.3. The van der Waals surface area contributed by atoms with Crippen LogP contribution in [0.15, 0.2) is 29.8 Å². The van der Waals surface area contributed by atoms with E-state index in [9.17, 15) is 4.79 Å². The van der Waals surface area contributed by atoms with Crippen molar-refractivity contribution in [3.8, 4) is 5.75 Å². The summed E-state index contributed by atoms with van der Waals surface area (Å²) in [7, 11) is 2.98. The van der Waals surface area contributed by atoms with Crippen molar-refractivity contribution in [1.82, 2.24) is 0 Å². The van der Waals surface area contributed by atoms with E-state index in [-0.39, 0.29) is 5.97 Å². The molecule has 0 bridgehead atoms. The van der Waals surface area contributed by atoms with Gasteiger partial charge in [-0.05, 0) is 30.7 Å². The molecule has 0 atom stereocenters. The highest BCUT2D eigenvalue weighted by molar-refractivity contribution is 5.92. The minimum Gasteiger partial charge on any atom is -0.497 e. The molecule has 15 heavy (non-hydrogen) atoms. The summed E-state index contributed by atoms with van der Waals surface area (Å²) < 4.78 is 9.63. The van der Waals surface area contributed by atoms with Crippen molar-refractivity contribution in [2.24, 2.45) is 0 Å². The number of hydrogen-bond donors (Lipinski definition) is 0. The van der Waals surface area contributed by atoms with E-state index >= 15 is 0 Å². The monoisotopic (exact) mass is 206 g/mol. The van der Waals surface area contributed by atoms with Gasteiger partial charge >= 0.3 is 5.97 Å². The molecule has 0 unspecified atom stereocenters. The Morgan fingerprint density at radius 1 is 1.20 bits per heavy atom. The summed E-state index contributed by atoms with van der Waals surface area (Å²) in [4.78, 5) is 11.1. The van der Waals surface area contributed by atoms with E-state index in [0.29, 0.717) is 5.57 Å². The molecule has 1 aromatic rings. The van der Waals surface area contributed by atoms with E-state index in [0.717, 1.165) is 11.3 Å². The molecule has 0 aliphatic rings. The third-order valence-corrected chi connectivity index (χ3v) is 2.01. The van der Waals surface area contributed by atoms with Crippen LogP contribution >= 0.6 is 0 Å². The zero-order valence-electron chi connectivity index (χ0n) is 9.11. The lowest BCUT2D eigenvalue weighted by molar-refractivity contribution is -0.135. The minimum absolute atomic E-state index is 0.314. The van der Waals surface area contributed by atoms with Crippen LogP contribution in [-0.4, -0.2) is 20.2 Å². The summed E-state index contributed by atoms with van der Waals surface area (Å²) in [6.45, 7) is 1.72. The van der Waals surface area contributed by atoms with E-state index in [1.807, 2.05) is 24.3 Å². The highest BCUT2D eigenvalue weighted by atomic mass is 16.5. The largest absolute Gasteiger partial charge is 0.497 e. The summed E-state index contributed by atoms with van der Waals surface area (Å²) in [6, 6.07) is 7.45. The molecular weight excluding hydrogens is 192 g/mol. The molecule has 3 nitrogen and oxygen atoms in total. The fraction of sp³-hybridized carbons (Fsp3) is 0.250. The number of carbonyl (C=O) groups excluding carboxylic acids is 1. The van der Waals surface area contributed by atoms with Gasteiger partial charge in [0.25, 0.3) is 0 Å². The average Bonchev–Trinajstić information content (AvgIpc) is 2.29. The van der Waals surface area contributed by atoms with Gasteiger partial charge in [-0.25, -0.2) is 4.79 Å². The van der Waals surface area contributed by atoms with Gasteiger partial charge in [-0.15, -0.1) is 0 Å². The molecular formula is C12H14O3. The number of carbonyl (C=O) groups is 1. The number of esters is 1. The van der Waals surface area contributed by atoms with Crippen LogP contribution in [0.25, 0.3) is 6.08 Å². The van der Waals surface area contributed by atoms with E-state index < -0.39 is 0 Å². The Bertz CT molecular complexity index is 363. The molecule has 0 saturated carbocycles. The van der Waals surface area contributed by atoms with Gasteiger partial charge in [0.2, 0.25) is 0 Å². The molecule has 0 N–H and O–H groups in total. The topological polar surface area (TPSA) is 35.5 Å². The molecule has 0 amide bonds. The van der Waals surface area contributed by atoms with Crippen molar-refractivity contribution in [2.45, 2.75) is 6.92 Å². The third kappa shape index (κ3) is 3.13. The predicted octanol–water partition coefficient (Wildman–Crippen LogP) is 2.27. The fourth-order valence-corrected chi connectivity index (χ4v) is 1.17.